The fourth-order valence-corrected chi connectivity index (χ4v) is 1.89. The zero-order valence-electron chi connectivity index (χ0n) is 12.7. The van der Waals surface area contributed by atoms with Crippen molar-refractivity contribution in [2.75, 3.05) is 7.11 Å². The van der Waals surface area contributed by atoms with Crippen LogP contribution >= 0.6 is 0 Å². The van der Waals surface area contributed by atoms with Crippen molar-refractivity contribution in [1.82, 2.24) is 10.3 Å². The number of Topliss-reactive ketones (excluding diaryl/α,β-unsaturated/α-hetero) is 1. The number of carbonyl (C=O) groups is 3. The Morgan fingerprint density at radius 2 is 2.25 bits per heavy atom. The van der Waals surface area contributed by atoms with E-state index in [1.165, 1.54) is 19.4 Å². The molecule has 0 saturated heterocycles. The minimum atomic E-state index is -1.39. The molecule has 0 unspecified atom stereocenters. The second-order valence-corrected chi connectivity index (χ2v) is 4.66. The minimum absolute atomic E-state index is 0.0994. The number of amides is 1. The Labute approximate surface area is 136 Å². The van der Waals surface area contributed by atoms with Crippen molar-refractivity contribution in [2.24, 2.45) is 0 Å². The second kappa shape index (κ2) is 9.23. The number of ketones is 1. The Bertz CT molecular complexity index is 675. The van der Waals surface area contributed by atoms with Crippen LogP contribution < -0.4 is 5.32 Å². The monoisotopic (exact) mass is 338 g/mol. The Morgan fingerprint density at radius 3 is 2.79 bits per heavy atom. The molecule has 0 spiro atoms. The second-order valence-electron chi connectivity index (χ2n) is 4.66. The summed E-state index contributed by atoms with van der Waals surface area (Å²) in [6.07, 6.45) is 0.925. The first-order valence-electron chi connectivity index (χ1n) is 6.76. The van der Waals surface area contributed by atoms with Gasteiger partial charge in [-0.25, -0.2) is 9.18 Å². The maximum absolute atomic E-state index is 13.7. The molecule has 0 fully saturated rings. The van der Waals surface area contributed by atoms with E-state index in [1.54, 1.807) is 0 Å². The van der Waals surface area contributed by atoms with Crippen molar-refractivity contribution in [3.8, 4) is 0 Å². The van der Waals surface area contributed by atoms with Gasteiger partial charge in [-0.15, -0.1) is 0 Å². The van der Waals surface area contributed by atoms with Gasteiger partial charge in [0.2, 0.25) is 5.78 Å². The van der Waals surface area contributed by atoms with Gasteiger partial charge >= 0.3 is 12.2 Å². The Kier molecular flexibility index (Phi) is 7.34. The summed E-state index contributed by atoms with van der Waals surface area (Å²) in [6, 6.07) is -0.156. The summed E-state index contributed by atoms with van der Waals surface area (Å²) in [5, 5.41) is 11.3. The molecule has 24 heavy (non-hydrogen) atoms. The first-order chi connectivity index (χ1) is 11.4. The van der Waals surface area contributed by atoms with Crippen LogP contribution in [0, 0.1) is 5.82 Å². The van der Waals surface area contributed by atoms with Crippen LogP contribution in [0.4, 0.5) is 4.39 Å². The van der Waals surface area contributed by atoms with Gasteiger partial charge in [-0.05, 0) is 12.5 Å². The lowest BCUT2D eigenvalue weighted by molar-refractivity contribution is -0.144. The normalized spacial score (nSPS) is 12.6. The number of aliphatic carboxylic acids is 1. The highest BCUT2D eigenvalue weighted by Gasteiger charge is 2.28. The van der Waals surface area contributed by atoms with E-state index in [4.69, 9.17) is 15.4 Å². The molecule has 128 valence electrons. The van der Waals surface area contributed by atoms with E-state index in [9.17, 15) is 18.8 Å². The molecule has 1 aromatic rings. The van der Waals surface area contributed by atoms with E-state index in [0.29, 0.717) is 6.21 Å². The molecular weight excluding hydrogens is 323 g/mol. The maximum atomic E-state index is 13.7. The number of aromatic nitrogens is 1. The van der Waals surface area contributed by atoms with Crippen molar-refractivity contribution in [1.29, 1.82) is 0 Å². The van der Waals surface area contributed by atoms with Crippen LogP contribution in [0.3, 0.4) is 0 Å². The number of hydrogen-bond acceptors (Lipinski definition) is 5. The van der Waals surface area contributed by atoms with Crippen molar-refractivity contribution >= 4 is 23.9 Å². The van der Waals surface area contributed by atoms with Crippen LogP contribution in [-0.2, 0) is 19.1 Å². The number of methoxy groups -OCH3 is 1. The average Bonchev–Trinajstić information content (AvgIpc) is 2.53. The number of carboxylic acid groups (broad SMARTS) is 1. The molecule has 0 aliphatic rings. The van der Waals surface area contributed by atoms with Gasteiger partial charge in [-0.3, -0.25) is 14.6 Å². The molecule has 0 bridgehead atoms. The lowest BCUT2D eigenvalue weighted by atomic mass is 10.1. The van der Waals surface area contributed by atoms with Crippen LogP contribution in [0.25, 0.3) is 5.53 Å². The fraction of sp³-hybridized carbons (Fsp3) is 0.357. The van der Waals surface area contributed by atoms with E-state index >= 15 is 0 Å². The van der Waals surface area contributed by atoms with Crippen LogP contribution in [0.2, 0.25) is 0 Å². The number of hydrogen-bond donors (Lipinski definition) is 2. The molecule has 0 aromatic carbocycles. The number of rotatable bonds is 9. The fourth-order valence-electron chi connectivity index (χ4n) is 1.89. The van der Waals surface area contributed by atoms with Crippen molar-refractivity contribution in [2.45, 2.75) is 25.0 Å². The number of pyridine rings is 1. The van der Waals surface area contributed by atoms with E-state index in [1.807, 2.05) is 0 Å². The topological polar surface area (TPSA) is 142 Å². The summed E-state index contributed by atoms with van der Waals surface area (Å²) in [7, 11) is 1.17. The first kappa shape index (κ1) is 19.1. The molecule has 2 atom stereocenters. The molecule has 2 N–H and O–H groups in total. The zero-order chi connectivity index (χ0) is 18.1. The third-order valence-corrected chi connectivity index (χ3v) is 3.06. The lowest BCUT2D eigenvalue weighted by Gasteiger charge is -2.19. The SMILES string of the molecule is CO[C@@H](C(=O)N[C@@H](CCC(=O)C=[N+]=[N-])C(=O)O)c1ccncc1F. The van der Waals surface area contributed by atoms with Gasteiger partial charge in [0.1, 0.15) is 11.9 Å². The summed E-state index contributed by atoms with van der Waals surface area (Å²) < 4.78 is 18.6. The van der Waals surface area contributed by atoms with E-state index in [2.05, 4.69) is 15.1 Å². The molecule has 0 aliphatic carbocycles. The minimum Gasteiger partial charge on any atom is -0.480 e. The quantitative estimate of drug-likeness (QED) is 0.372. The first-order valence-corrected chi connectivity index (χ1v) is 6.76. The molecule has 0 saturated carbocycles. The van der Waals surface area contributed by atoms with Crippen molar-refractivity contribution in [3.05, 3.63) is 35.4 Å². The van der Waals surface area contributed by atoms with Gasteiger partial charge in [-0.1, -0.05) is 0 Å². The van der Waals surface area contributed by atoms with Gasteiger partial charge in [-0.2, -0.15) is 4.79 Å². The predicted molar refractivity (Wildman–Crippen MR) is 77.4 cm³/mol. The average molecular weight is 338 g/mol. The third kappa shape index (κ3) is 5.34. The number of nitrogens with zero attached hydrogens (tertiary/aromatic N) is 3. The number of halogens is 1. The molecule has 1 rings (SSSR count). The highest BCUT2D eigenvalue weighted by atomic mass is 19.1. The van der Waals surface area contributed by atoms with Gasteiger partial charge in [0.15, 0.2) is 6.10 Å². The van der Waals surface area contributed by atoms with Crippen LogP contribution in [-0.4, -0.2) is 51.9 Å². The lowest BCUT2D eigenvalue weighted by Crippen LogP contribution is -2.43. The molecule has 1 aromatic heterocycles. The Hall–Kier alpha value is -2.97. The Balaban J connectivity index is 2.83. The van der Waals surface area contributed by atoms with E-state index in [-0.39, 0.29) is 18.4 Å². The predicted octanol–water partition coefficient (Wildman–Crippen LogP) is 0.128. The summed E-state index contributed by atoms with van der Waals surface area (Å²) in [4.78, 5) is 40.7. The number of carboxylic acids is 1. The number of ether oxygens (including phenoxy) is 1. The van der Waals surface area contributed by atoms with Gasteiger partial charge in [0, 0.05) is 25.3 Å². The molecule has 10 heteroatoms. The molecule has 1 heterocycles. The largest absolute Gasteiger partial charge is 0.480 e. The smallest absolute Gasteiger partial charge is 0.326 e. The van der Waals surface area contributed by atoms with Gasteiger partial charge in [0.25, 0.3) is 5.91 Å². The van der Waals surface area contributed by atoms with Crippen LogP contribution in [0.15, 0.2) is 18.5 Å². The summed E-state index contributed by atoms with van der Waals surface area (Å²) >= 11 is 0. The highest BCUT2D eigenvalue weighted by molar-refractivity contribution is 6.25. The standard InChI is InChI=1S/C14H15FN4O5/c1-24-12(9-4-5-17-7-10(9)15)13(21)19-11(14(22)23)3-2-8(20)6-18-16/h4-7,11-12H,2-3H2,1H3,(H,19,21)(H,22,23)/t11-,12+/m0/s1. The van der Waals surface area contributed by atoms with Crippen molar-refractivity contribution in [3.63, 3.8) is 0 Å². The third-order valence-electron chi connectivity index (χ3n) is 3.06. The highest BCUT2D eigenvalue weighted by Crippen LogP contribution is 2.19. The molecule has 0 radical (unpaired) electrons. The van der Waals surface area contributed by atoms with E-state index in [0.717, 1.165) is 6.20 Å². The number of nitrogens with one attached hydrogen (secondary N) is 1. The van der Waals surface area contributed by atoms with Crippen molar-refractivity contribution < 1.29 is 33.4 Å². The molecular formula is C14H15FN4O5. The van der Waals surface area contributed by atoms with Crippen LogP contribution in [0.5, 0.6) is 0 Å². The summed E-state index contributed by atoms with van der Waals surface area (Å²) in [5.41, 5.74) is 8.12. The molecule has 1 amide bonds. The zero-order valence-corrected chi connectivity index (χ0v) is 12.7. The molecule has 9 nitrogen and oxygen atoms in total. The van der Waals surface area contributed by atoms with E-state index < -0.39 is 35.6 Å². The van der Waals surface area contributed by atoms with Crippen LogP contribution in [0.1, 0.15) is 24.5 Å². The van der Waals surface area contributed by atoms with Gasteiger partial charge in [0.05, 0.1) is 6.20 Å². The summed E-state index contributed by atoms with van der Waals surface area (Å²) in [6.45, 7) is 0. The maximum Gasteiger partial charge on any atom is 0.326 e. The summed E-state index contributed by atoms with van der Waals surface area (Å²) in [5.74, 6) is -3.64. The van der Waals surface area contributed by atoms with Gasteiger partial charge < -0.3 is 20.7 Å². The number of carbonyl (C=O) groups excluding carboxylic acids is 2. The molecule has 0 aliphatic heterocycles. The Morgan fingerprint density at radius 1 is 1.54 bits per heavy atom.